The first kappa shape index (κ1) is 13.2. The van der Waals surface area contributed by atoms with E-state index >= 15 is 0 Å². The standard InChI is InChI=1S/C17H13ClN2O3/c18-11-2-3-12-13(8-11)17(21,20-6-5-19-16(12)20)10-1-4-14-15(7-10)23-9-22-14/h1-4,7-8,21H,5-6,9H2. The summed E-state index contributed by atoms with van der Waals surface area (Å²) in [4.78, 5) is 6.47. The van der Waals surface area contributed by atoms with Crippen molar-refractivity contribution in [2.45, 2.75) is 5.72 Å². The number of rotatable bonds is 1. The van der Waals surface area contributed by atoms with E-state index in [1.165, 1.54) is 0 Å². The average molecular weight is 329 g/mol. The molecule has 0 saturated heterocycles. The van der Waals surface area contributed by atoms with Crippen LogP contribution >= 0.6 is 11.6 Å². The van der Waals surface area contributed by atoms with Crippen LogP contribution in [0.15, 0.2) is 41.4 Å². The normalized spacial score (nSPS) is 23.7. The monoisotopic (exact) mass is 328 g/mol. The van der Waals surface area contributed by atoms with Gasteiger partial charge in [0.15, 0.2) is 17.2 Å². The number of halogens is 1. The van der Waals surface area contributed by atoms with Crippen molar-refractivity contribution in [3.05, 3.63) is 58.1 Å². The molecular weight excluding hydrogens is 316 g/mol. The lowest BCUT2D eigenvalue weighted by atomic mass is 9.93. The molecule has 0 bridgehead atoms. The summed E-state index contributed by atoms with van der Waals surface area (Å²) >= 11 is 6.17. The number of aliphatic imine (C=N–C) groups is 1. The van der Waals surface area contributed by atoms with E-state index in [0.29, 0.717) is 29.6 Å². The van der Waals surface area contributed by atoms with Crippen LogP contribution in [-0.2, 0) is 5.72 Å². The van der Waals surface area contributed by atoms with Gasteiger partial charge in [0.25, 0.3) is 0 Å². The molecule has 0 aliphatic carbocycles. The summed E-state index contributed by atoms with van der Waals surface area (Å²) in [5, 5.41) is 12.2. The lowest BCUT2D eigenvalue weighted by Crippen LogP contribution is -2.43. The maximum Gasteiger partial charge on any atom is 0.231 e. The third-order valence-electron chi connectivity index (χ3n) is 4.60. The summed E-state index contributed by atoms with van der Waals surface area (Å²) < 4.78 is 10.8. The van der Waals surface area contributed by atoms with E-state index in [2.05, 4.69) is 4.99 Å². The van der Waals surface area contributed by atoms with Crippen LogP contribution in [0.4, 0.5) is 0 Å². The maximum atomic E-state index is 11.6. The van der Waals surface area contributed by atoms with E-state index in [1.54, 1.807) is 0 Å². The molecule has 0 radical (unpaired) electrons. The van der Waals surface area contributed by atoms with Crippen molar-refractivity contribution in [1.29, 1.82) is 0 Å². The van der Waals surface area contributed by atoms with E-state index < -0.39 is 5.72 Å². The highest BCUT2D eigenvalue weighted by Crippen LogP contribution is 2.46. The topological polar surface area (TPSA) is 54.3 Å². The van der Waals surface area contributed by atoms with Gasteiger partial charge in [-0.2, -0.15) is 0 Å². The predicted molar refractivity (Wildman–Crippen MR) is 85.1 cm³/mol. The summed E-state index contributed by atoms with van der Waals surface area (Å²) in [6.45, 7) is 1.53. The highest BCUT2D eigenvalue weighted by Gasteiger charge is 2.50. The van der Waals surface area contributed by atoms with Gasteiger partial charge in [-0.25, -0.2) is 0 Å². The van der Waals surface area contributed by atoms with E-state index in [4.69, 9.17) is 21.1 Å². The first-order valence-electron chi connectivity index (χ1n) is 7.43. The largest absolute Gasteiger partial charge is 0.454 e. The second kappa shape index (κ2) is 4.40. The highest BCUT2D eigenvalue weighted by atomic mass is 35.5. The SMILES string of the molecule is OC1(c2ccc3c(c2)OCO3)c2cc(Cl)ccc2C2=NCCN21. The Morgan fingerprint density at radius 3 is 2.91 bits per heavy atom. The minimum Gasteiger partial charge on any atom is -0.454 e. The number of hydrogen-bond donors (Lipinski definition) is 1. The Morgan fingerprint density at radius 1 is 1.13 bits per heavy atom. The van der Waals surface area contributed by atoms with Crippen molar-refractivity contribution >= 4 is 17.4 Å². The molecule has 0 fully saturated rings. The van der Waals surface area contributed by atoms with E-state index in [1.807, 2.05) is 41.3 Å². The van der Waals surface area contributed by atoms with Gasteiger partial charge in [0.05, 0.1) is 6.54 Å². The molecule has 2 aromatic carbocycles. The smallest absolute Gasteiger partial charge is 0.231 e. The van der Waals surface area contributed by atoms with Crippen molar-refractivity contribution in [3.8, 4) is 11.5 Å². The molecular formula is C17H13ClN2O3. The molecule has 23 heavy (non-hydrogen) atoms. The second-order valence-corrected chi connectivity index (χ2v) is 6.22. The molecule has 3 aliphatic rings. The van der Waals surface area contributed by atoms with Gasteiger partial charge in [-0.05, 0) is 36.4 Å². The molecule has 0 aromatic heterocycles. The van der Waals surface area contributed by atoms with E-state index in [-0.39, 0.29) is 6.79 Å². The van der Waals surface area contributed by atoms with Gasteiger partial charge in [-0.1, -0.05) is 11.6 Å². The third-order valence-corrected chi connectivity index (χ3v) is 4.84. The van der Waals surface area contributed by atoms with Gasteiger partial charge in [-0.15, -0.1) is 0 Å². The minimum atomic E-state index is -1.30. The van der Waals surface area contributed by atoms with Gasteiger partial charge in [-0.3, -0.25) is 4.99 Å². The Labute approximate surface area is 137 Å². The van der Waals surface area contributed by atoms with Crippen molar-refractivity contribution in [1.82, 2.24) is 4.90 Å². The number of ether oxygens (including phenoxy) is 2. The summed E-state index contributed by atoms with van der Waals surface area (Å²) in [6, 6.07) is 11.1. The van der Waals surface area contributed by atoms with Gasteiger partial charge >= 0.3 is 0 Å². The summed E-state index contributed by atoms with van der Waals surface area (Å²) in [6.07, 6.45) is 0. The zero-order valence-corrected chi connectivity index (χ0v) is 12.9. The Bertz CT molecular complexity index is 867. The zero-order chi connectivity index (χ0) is 15.6. The number of aliphatic hydroxyl groups is 1. The lowest BCUT2D eigenvalue weighted by molar-refractivity contribution is -0.0243. The predicted octanol–water partition coefficient (Wildman–Crippen LogP) is 2.34. The molecule has 1 atom stereocenters. The number of nitrogens with zero attached hydrogens (tertiary/aromatic N) is 2. The first-order chi connectivity index (χ1) is 11.2. The number of hydrogen-bond acceptors (Lipinski definition) is 5. The fraction of sp³-hybridized carbons (Fsp3) is 0.235. The molecule has 3 heterocycles. The summed E-state index contributed by atoms with van der Waals surface area (Å²) in [5.41, 5.74) is 1.10. The second-order valence-electron chi connectivity index (χ2n) is 5.79. The lowest BCUT2D eigenvalue weighted by Gasteiger charge is -2.34. The highest BCUT2D eigenvalue weighted by molar-refractivity contribution is 6.31. The van der Waals surface area contributed by atoms with Gasteiger partial charge < -0.3 is 19.5 Å². The van der Waals surface area contributed by atoms with Crippen molar-refractivity contribution in [2.75, 3.05) is 19.9 Å². The Kier molecular flexibility index (Phi) is 2.53. The van der Waals surface area contributed by atoms with Crippen LogP contribution in [0.1, 0.15) is 16.7 Å². The Hall–Kier alpha value is -2.24. The van der Waals surface area contributed by atoms with E-state index in [9.17, 15) is 5.11 Å². The Morgan fingerprint density at radius 2 is 2.00 bits per heavy atom. The first-order valence-corrected chi connectivity index (χ1v) is 7.81. The molecule has 116 valence electrons. The van der Waals surface area contributed by atoms with Gasteiger partial charge in [0.2, 0.25) is 6.79 Å². The molecule has 1 unspecified atom stereocenters. The minimum absolute atomic E-state index is 0.204. The molecule has 1 N–H and O–H groups in total. The van der Waals surface area contributed by atoms with Crippen molar-refractivity contribution in [3.63, 3.8) is 0 Å². The fourth-order valence-electron chi connectivity index (χ4n) is 3.56. The Balaban J connectivity index is 1.75. The van der Waals surface area contributed by atoms with Crippen LogP contribution in [0.25, 0.3) is 0 Å². The molecule has 5 rings (SSSR count). The quantitative estimate of drug-likeness (QED) is 0.873. The van der Waals surface area contributed by atoms with Crippen molar-refractivity contribution < 1.29 is 14.6 Å². The van der Waals surface area contributed by atoms with Crippen LogP contribution in [-0.4, -0.2) is 35.7 Å². The van der Waals surface area contributed by atoms with Crippen molar-refractivity contribution in [2.24, 2.45) is 4.99 Å². The number of benzene rings is 2. The van der Waals surface area contributed by atoms with Crippen LogP contribution in [0.2, 0.25) is 5.02 Å². The van der Waals surface area contributed by atoms with Gasteiger partial charge in [0, 0.05) is 28.3 Å². The van der Waals surface area contributed by atoms with E-state index in [0.717, 1.165) is 22.5 Å². The van der Waals surface area contributed by atoms with Gasteiger partial charge in [0.1, 0.15) is 5.84 Å². The third kappa shape index (κ3) is 1.63. The fourth-order valence-corrected chi connectivity index (χ4v) is 3.73. The maximum absolute atomic E-state index is 11.6. The summed E-state index contributed by atoms with van der Waals surface area (Å²) in [7, 11) is 0. The van der Waals surface area contributed by atoms with Crippen LogP contribution in [0, 0.1) is 0 Å². The molecule has 0 saturated carbocycles. The molecule has 0 amide bonds. The van der Waals surface area contributed by atoms with Crippen LogP contribution in [0.5, 0.6) is 11.5 Å². The molecule has 5 nitrogen and oxygen atoms in total. The number of amidine groups is 1. The van der Waals surface area contributed by atoms with Crippen LogP contribution < -0.4 is 9.47 Å². The van der Waals surface area contributed by atoms with Crippen LogP contribution in [0.3, 0.4) is 0 Å². The summed E-state index contributed by atoms with van der Waals surface area (Å²) in [5.74, 6) is 2.15. The molecule has 2 aromatic rings. The molecule has 0 spiro atoms. The zero-order valence-electron chi connectivity index (χ0n) is 12.1. The molecule has 3 aliphatic heterocycles. The molecule has 6 heteroatoms. The average Bonchev–Trinajstić information content (AvgIpc) is 3.25. The number of fused-ring (bicyclic) bond motifs is 4.